The standard InChI is InChI=1S/C42H50N14O4/c1-25(2)56-33(48-35-34(30-21-45-40(43)46-22-30)49-41(52-38(35)56)53-12-16-58-17-13-53)10-11-44-39(57)29-7-5-6-28(20-29)32-9-8-31-36(47-32)50-42(55-15-19-60-24-27(55)4)51-37(31)54-14-18-59-23-26(54)3/h5-9,20-22,25-27H,10-19,23-24H2,1-4H3,(H,44,57)(H2,43,45,46)/t26-,27-/m0/s1. The number of imidazole rings is 1. The van der Waals surface area contributed by atoms with Crippen LogP contribution in [0.2, 0.25) is 0 Å². The molecule has 6 aromatic rings. The molecular weight excluding hydrogens is 765 g/mol. The highest BCUT2D eigenvalue weighted by molar-refractivity contribution is 5.96. The lowest BCUT2D eigenvalue weighted by Crippen LogP contribution is -2.46. The zero-order valence-corrected chi connectivity index (χ0v) is 34.4. The van der Waals surface area contributed by atoms with Gasteiger partial charge in [0.25, 0.3) is 5.91 Å². The van der Waals surface area contributed by atoms with E-state index in [0.29, 0.717) is 123 Å². The van der Waals surface area contributed by atoms with Crippen molar-refractivity contribution in [3.8, 4) is 22.5 Å². The summed E-state index contributed by atoms with van der Waals surface area (Å²) in [6, 6.07) is 11.8. The first kappa shape index (κ1) is 39.4. The molecule has 0 radical (unpaired) electrons. The van der Waals surface area contributed by atoms with Gasteiger partial charge in [0.2, 0.25) is 17.8 Å². The topological polar surface area (TPSA) is 201 Å². The van der Waals surface area contributed by atoms with Gasteiger partial charge in [0, 0.05) is 74.3 Å². The Morgan fingerprint density at radius 3 is 2.28 bits per heavy atom. The fraction of sp³-hybridized carbons (Fsp3) is 0.452. The van der Waals surface area contributed by atoms with Crippen LogP contribution in [0.4, 0.5) is 23.7 Å². The number of benzene rings is 1. The summed E-state index contributed by atoms with van der Waals surface area (Å²) in [6.07, 6.45) is 3.77. The van der Waals surface area contributed by atoms with E-state index in [-0.39, 0.29) is 30.0 Å². The average molecular weight is 815 g/mol. The molecule has 0 aliphatic carbocycles. The Labute approximate surface area is 347 Å². The average Bonchev–Trinajstić information content (AvgIpc) is 3.65. The fourth-order valence-corrected chi connectivity index (χ4v) is 8.06. The summed E-state index contributed by atoms with van der Waals surface area (Å²) in [5.41, 5.74) is 11.1. The number of hydrogen-bond donors (Lipinski definition) is 2. The number of nitrogens with one attached hydrogen (secondary N) is 1. The first-order chi connectivity index (χ1) is 29.2. The van der Waals surface area contributed by atoms with Crippen molar-refractivity contribution in [2.24, 2.45) is 0 Å². The third-order valence-electron chi connectivity index (χ3n) is 11.2. The van der Waals surface area contributed by atoms with Crippen molar-refractivity contribution in [3.63, 3.8) is 0 Å². The molecule has 18 nitrogen and oxygen atoms in total. The second-order valence-corrected chi connectivity index (χ2v) is 15.7. The molecular formula is C42H50N14O4. The van der Waals surface area contributed by atoms with Crippen LogP contribution in [-0.4, -0.2) is 135 Å². The number of carbonyl (C=O) groups excluding carboxylic acids is 1. The highest BCUT2D eigenvalue weighted by atomic mass is 16.5. The molecule has 0 bridgehead atoms. The van der Waals surface area contributed by atoms with Gasteiger partial charge in [0.1, 0.15) is 22.9 Å². The van der Waals surface area contributed by atoms with Crippen molar-refractivity contribution in [1.29, 1.82) is 0 Å². The summed E-state index contributed by atoms with van der Waals surface area (Å²) >= 11 is 0. The smallest absolute Gasteiger partial charge is 0.251 e. The molecule has 8 heterocycles. The van der Waals surface area contributed by atoms with Crippen LogP contribution in [-0.2, 0) is 20.6 Å². The lowest BCUT2D eigenvalue weighted by molar-refractivity contribution is 0.0953. The minimum Gasteiger partial charge on any atom is -0.378 e. The number of anilines is 4. The summed E-state index contributed by atoms with van der Waals surface area (Å²) in [7, 11) is 0. The van der Waals surface area contributed by atoms with Crippen LogP contribution in [0.3, 0.4) is 0 Å². The van der Waals surface area contributed by atoms with Gasteiger partial charge in [-0.15, -0.1) is 0 Å². The van der Waals surface area contributed by atoms with E-state index in [4.69, 9.17) is 49.8 Å². The van der Waals surface area contributed by atoms with E-state index >= 15 is 0 Å². The highest BCUT2D eigenvalue weighted by Crippen LogP contribution is 2.33. The maximum absolute atomic E-state index is 13.7. The van der Waals surface area contributed by atoms with E-state index in [1.807, 2.05) is 36.4 Å². The van der Waals surface area contributed by atoms with E-state index in [1.54, 1.807) is 12.4 Å². The molecule has 1 aromatic carbocycles. The number of pyridine rings is 1. The number of nitrogens with two attached hydrogens (primary N) is 1. The van der Waals surface area contributed by atoms with E-state index in [1.165, 1.54) is 0 Å². The van der Waals surface area contributed by atoms with Crippen LogP contribution in [0.15, 0.2) is 48.8 Å². The first-order valence-electron chi connectivity index (χ1n) is 20.7. The Balaban J connectivity index is 0.977. The Morgan fingerprint density at radius 2 is 1.55 bits per heavy atom. The number of amides is 1. The third-order valence-corrected chi connectivity index (χ3v) is 11.2. The number of nitrogens with zero attached hydrogens (tertiary/aromatic N) is 12. The van der Waals surface area contributed by atoms with Gasteiger partial charge in [0.15, 0.2) is 11.3 Å². The number of aromatic nitrogens is 9. The molecule has 312 valence electrons. The Hall–Kier alpha value is -6.11. The summed E-state index contributed by atoms with van der Waals surface area (Å²) in [5, 5.41) is 3.99. The Kier molecular flexibility index (Phi) is 11.1. The number of nitrogen functional groups attached to an aromatic ring is 1. The maximum atomic E-state index is 13.7. The van der Waals surface area contributed by atoms with Crippen LogP contribution in [0.5, 0.6) is 0 Å². The predicted molar refractivity (Wildman–Crippen MR) is 228 cm³/mol. The van der Waals surface area contributed by atoms with Crippen molar-refractivity contribution < 1.29 is 19.0 Å². The molecule has 5 aromatic heterocycles. The second-order valence-electron chi connectivity index (χ2n) is 15.7. The minimum atomic E-state index is -0.200. The van der Waals surface area contributed by atoms with Crippen LogP contribution < -0.4 is 25.8 Å². The molecule has 0 saturated carbocycles. The number of fused-ring (bicyclic) bond motifs is 2. The highest BCUT2D eigenvalue weighted by Gasteiger charge is 2.28. The van der Waals surface area contributed by atoms with Crippen molar-refractivity contribution >= 4 is 51.8 Å². The normalized spacial score (nSPS) is 18.8. The number of hydrogen-bond acceptors (Lipinski definition) is 16. The zero-order chi connectivity index (χ0) is 41.3. The Bertz CT molecular complexity index is 2510. The van der Waals surface area contributed by atoms with Gasteiger partial charge in [-0.3, -0.25) is 4.79 Å². The van der Waals surface area contributed by atoms with Crippen LogP contribution >= 0.6 is 0 Å². The zero-order valence-electron chi connectivity index (χ0n) is 34.4. The van der Waals surface area contributed by atoms with E-state index in [0.717, 1.165) is 29.1 Å². The van der Waals surface area contributed by atoms with Gasteiger partial charge in [-0.25, -0.2) is 24.9 Å². The molecule has 3 fully saturated rings. The molecule has 3 saturated heterocycles. The number of carbonyl (C=O) groups is 1. The van der Waals surface area contributed by atoms with Crippen molar-refractivity contribution in [2.45, 2.75) is 52.2 Å². The molecule has 0 spiro atoms. The third kappa shape index (κ3) is 7.84. The molecule has 60 heavy (non-hydrogen) atoms. The molecule has 1 amide bonds. The van der Waals surface area contributed by atoms with Gasteiger partial charge in [-0.1, -0.05) is 12.1 Å². The molecule has 2 atom stereocenters. The van der Waals surface area contributed by atoms with Gasteiger partial charge >= 0.3 is 0 Å². The van der Waals surface area contributed by atoms with Gasteiger partial charge in [-0.2, -0.15) is 15.0 Å². The van der Waals surface area contributed by atoms with Crippen molar-refractivity contribution in [1.82, 2.24) is 49.8 Å². The van der Waals surface area contributed by atoms with Crippen LogP contribution in [0, 0.1) is 0 Å². The van der Waals surface area contributed by atoms with E-state index < -0.39 is 0 Å². The molecule has 3 aliphatic rings. The van der Waals surface area contributed by atoms with Gasteiger partial charge < -0.3 is 44.5 Å². The Morgan fingerprint density at radius 1 is 0.817 bits per heavy atom. The first-order valence-corrected chi connectivity index (χ1v) is 20.7. The van der Waals surface area contributed by atoms with Crippen molar-refractivity contribution in [2.75, 3.05) is 92.8 Å². The largest absolute Gasteiger partial charge is 0.378 e. The fourth-order valence-electron chi connectivity index (χ4n) is 8.06. The minimum absolute atomic E-state index is 0.0294. The summed E-state index contributed by atoms with van der Waals surface area (Å²) in [5.74, 6) is 2.83. The monoisotopic (exact) mass is 814 g/mol. The number of morpholine rings is 3. The second kappa shape index (κ2) is 16.9. The van der Waals surface area contributed by atoms with E-state index in [9.17, 15) is 4.79 Å². The quantitative estimate of drug-likeness (QED) is 0.203. The van der Waals surface area contributed by atoms with Crippen molar-refractivity contribution in [3.05, 3.63) is 60.2 Å². The van der Waals surface area contributed by atoms with E-state index in [2.05, 4.69) is 62.2 Å². The number of rotatable bonds is 10. The lowest BCUT2D eigenvalue weighted by atomic mass is 10.1. The molecule has 18 heteroatoms. The predicted octanol–water partition coefficient (Wildman–Crippen LogP) is 3.71. The van der Waals surface area contributed by atoms with Gasteiger partial charge in [-0.05, 0) is 52.0 Å². The van der Waals surface area contributed by atoms with Crippen LogP contribution in [0.1, 0.15) is 49.9 Å². The molecule has 3 N–H and O–H groups in total. The lowest BCUT2D eigenvalue weighted by Gasteiger charge is -2.37. The van der Waals surface area contributed by atoms with Gasteiger partial charge in [0.05, 0.1) is 62.8 Å². The summed E-state index contributed by atoms with van der Waals surface area (Å²) in [4.78, 5) is 59.0. The molecule has 9 rings (SSSR count). The maximum Gasteiger partial charge on any atom is 0.251 e. The van der Waals surface area contributed by atoms with Crippen LogP contribution in [0.25, 0.3) is 44.7 Å². The summed E-state index contributed by atoms with van der Waals surface area (Å²) in [6.45, 7) is 15.2. The number of ether oxygens (including phenoxy) is 3. The SMILES string of the molecule is CC(C)n1c(CCNC(=O)c2cccc(-c3ccc4c(N5CCOC[C@@H]5C)nc(N5CCOC[C@@H]5C)nc4n3)c2)nc2c(-c3cnc(N)nc3)nc(N3CCOCC3)nc21. The summed E-state index contributed by atoms with van der Waals surface area (Å²) < 4.78 is 19.2. The molecule has 0 unspecified atom stereocenters. The molecule has 3 aliphatic heterocycles.